The summed E-state index contributed by atoms with van der Waals surface area (Å²) < 4.78 is 11.4. The van der Waals surface area contributed by atoms with Crippen LogP contribution in [0.25, 0.3) is 29.0 Å². The number of hydrogen-bond acceptors (Lipinski definition) is 6. The fraction of sp³-hybridized carbons (Fsp3) is 0.143. The minimum atomic E-state index is -0.133. The predicted octanol–water partition coefficient (Wildman–Crippen LogP) is 6.71. The second-order valence-electron chi connectivity index (χ2n) is 8.91. The lowest BCUT2D eigenvalue weighted by molar-refractivity contribution is 0.537. The van der Waals surface area contributed by atoms with Crippen LogP contribution in [0.3, 0.4) is 0 Å². The molecule has 6 nitrogen and oxygen atoms in total. The van der Waals surface area contributed by atoms with Crippen LogP contribution in [0.2, 0.25) is 0 Å². The second-order valence-corrected chi connectivity index (χ2v) is 8.91. The fourth-order valence-corrected chi connectivity index (χ4v) is 3.35. The van der Waals surface area contributed by atoms with Gasteiger partial charge in [0, 0.05) is 22.3 Å². The Morgan fingerprint density at radius 1 is 0.824 bits per heavy atom. The smallest absolute Gasteiger partial charge is 0.248 e. The first-order chi connectivity index (χ1) is 16.2. The summed E-state index contributed by atoms with van der Waals surface area (Å²) in [5.41, 5.74) is 4.78. The molecule has 0 saturated carbocycles. The Bertz CT molecular complexity index is 1340. The summed E-state index contributed by atoms with van der Waals surface area (Å²) in [5.74, 6) is 0.526. The molecule has 0 aliphatic heterocycles. The van der Waals surface area contributed by atoms with E-state index in [1.54, 1.807) is 24.3 Å². The molecule has 170 valence electrons. The highest BCUT2D eigenvalue weighted by molar-refractivity contribution is 6.05. The third-order valence-corrected chi connectivity index (χ3v) is 5.41. The molecule has 0 aliphatic carbocycles. The molecule has 1 heterocycles. The molecule has 0 radical (unpaired) electrons. The molecule has 0 saturated heterocycles. The Kier molecular flexibility index (Phi) is 6.23. The third-order valence-electron chi connectivity index (χ3n) is 5.41. The van der Waals surface area contributed by atoms with Gasteiger partial charge in [0.05, 0.1) is 0 Å². The Labute approximate surface area is 199 Å². The highest BCUT2D eigenvalue weighted by Crippen LogP contribution is 2.26. The maximum atomic E-state index is 8.35. The fourth-order valence-electron chi connectivity index (χ4n) is 3.35. The van der Waals surface area contributed by atoms with Crippen LogP contribution in [0.4, 0.5) is 0 Å². The van der Waals surface area contributed by atoms with E-state index in [4.69, 9.17) is 20.0 Å². The summed E-state index contributed by atoms with van der Waals surface area (Å²) >= 11 is 0. The molecule has 0 atom stereocenters. The van der Waals surface area contributed by atoms with E-state index in [-0.39, 0.29) is 17.2 Å². The molecule has 2 N–H and O–H groups in total. The van der Waals surface area contributed by atoms with Crippen molar-refractivity contribution in [3.05, 3.63) is 102 Å². The maximum Gasteiger partial charge on any atom is 0.248 e. The first-order valence-corrected chi connectivity index (χ1v) is 10.9. The van der Waals surface area contributed by atoms with Gasteiger partial charge in [0.2, 0.25) is 23.6 Å². The van der Waals surface area contributed by atoms with Gasteiger partial charge in [-0.3, -0.25) is 10.8 Å². The van der Waals surface area contributed by atoms with Gasteiger partial charge in [-0.1, -0.05) is 63.8 Å². The standard InChI is InChI=1S/C28H26N4O2/c1-5-18-9-11-20(12-10-18)26-31-32-27(34-26)22-8-6-7-21(17-22)25(30)33-24(29)19-13-15-23(16-14-19)28(2,3)4/h5-17,29-30H,1H2,2-4H3. The van der Waals surface area contributed by atoms with Crippen molar-refractivity contribution in [3.8, 4) is 22.9 Å². The van der Waals surface area contributed by atoms with E-state index in [2.05, 4.69) is 37.5 Å². The van der Waals surface area contributed by atoms with Crippen molar-refractivity contribution in [1.29, 1.82) is 10.8 Å². The van der Waals surface area contributed by atoms with Crippen LogP contribution in [0.1, 0.15) is 43.0 Å². The summed E-state index contributed by atoms with van der Waals surface area (Å²) in [6.07, 6.45) is 1.77. The Morgan fingerprint density at radius 3 is 2.06 bits per heavy atom. The van der Waals surface area contributed by atoms with Crippen LogP contribution in [0.5, 0.6) is 0 Å². The van der Waals surface area contributed by atoms with Gasteiger partial charge < -0.3 is 9.15 Å². The molecule has 4 aromatic rings. The zero-order valence-electron chi connectivity index (χ0n) is 19.4. The van der Waals surface area contributed by atoms with Crippen LogP contribution in [0, 0.1) is 10.8 Å². The molecule has 4 rings (SSSR count). The van der Waals surface area contributed by atoms with E-state index in [9.17, 15) is 0 Å². The minimum Gasteiger partial charge on any atom is -0.421 e. The van der Waals surface area contributed by atoms with Crippen LogP contribution in [0.15, 0.2) is 83.8 Å². The number of ether oxygens (including phenoxy) is 1. The average molecular weight is 451 g/mol. The molecule has 0 amide bonds. The topological polar surface area (TPSA) is 95.9 Å². The molecule has 0 aliphatic rings. The van der Waals surface area contributed by atoms with Crippen molar-refractivity contribution < 1.29 is 9.15 Å². The lowest BCUT2D eigenvalue weighted by Gasteiger charge is -2.19. The van der Waals surface area contributed by atoms with Crippen LogP contribution in [-0.4, -0.2) is 22.0 Å². The highest BCUT2D eigenvalue weighted by Gasteiger charge is 2.16. The molecular formula is C28H26N4O2. The predicted molar refractivity (Wildman–Crippen MR) is 135 cm³/mol. The number of rotatable bonds is 5. The third kappa shape index (κ3) is 5.02. The van der Waals surface area contributed by atoms with Gasteiger partial charge in [-0.25, -0.2) is 0 Å². The maximum absolute atomic E-state index is 8.35. The van der Waals surface area contributed by atoms with Crippen molar-refractivity contribution in [2.24, 2.45) is 0 Å². The largest absolute Gasteiger partial charge is 0.421 e. The van der Waals surface area contributed by atoms with Crippen LogP contribution < -0.4 is 0 Å². The zero-order chi connectivity index (χ0) is 24.3. The van der Waals surface area contributed by atoms with Gasteiger partial charge in [0.1, 0.15) is 0 Å². The number of benzene rings is 3. The van der Waals surface area contributed by atoms with Crippen LogP contribution >= 0.6 is 0 Å². The highest BCUT2D eigenvalue weighted by atomic mass is 16.5. The molecule has 0 spiro atoms. The van der Waals surface area contributed by atoms with E-state index < -0.39 is 0 Å². The van der Waals surface area contributed by atoms with Gasteiger partial charge in [-0.2, -0.15) is 0 Å². The Hall–Kier alpha value is -4.32. The summed E-state index contributed by atoms with van der Waals surface area (Å²) in [4.78, 5) is 0. The van der Waals surface area contributed by atoms with E-state index in [1.165, 1.54) is 5.56 Å². The first kappa shape index (κ1) is 22.9. The molecule has 34 heavy (non-hydrogen) atoms. The monoisotopic (exact) mass is 450 g/mol. The van der Waals surface area contributed by atoms with Crippen molar-refractivity contribution in [2.75, 3.05) is 0 Å². The van der Waals surface area contributed by atoms with Crippen molar-refractivity contribution in [2.45, 2.75) is 26.2 Å². The molecule has 0 fully saturated rings. The first-order valence-electron chi connectivity index (χ1n) is 10.9. The summed E-state index contributed by atoms with van der Waals surface area (Å²) in [6, 6.07) is 22.4. The number of nitrogens with one attached hydrogen (secondary N) is 2. The molecular weight excluding hydrogens is 424 g/mol. The normalized spacial score (nSPS) is 11.1. The van der Waals surface area contributed by atoms with E-state index in [1.807, 2.05) is 54.6 Å². The summed E-state index contributed by atoms with van der Waals surface area (Å²) in [7, 11) is 0. The lowest BCUT2D eigenvalue weighted by atomic mass is 9.87. The summed E-state index contributed by atoms with van der Waals surface area (Å²) in [5, 5.41) is 24.9. The molecule has 0 unspecified atom stereocenters. The quantitative estimate of drug-likeness (QED) is 0.261. The minimum absolute atomic E-state index is 0.0262. The van der Waals surface area contributed by atoms with Gasteiger partial charge in [0.25, 0.3) is 0 Å². The van der Waals surface area contributed by atoms with Crippen molar-refractivity contribution >= 4 is 17.9 Å². The van der Waals surface area contributed by atoms with Gasteiger partial charge >= 0.3 is 0 Å². The van der Waals surface area contributed by atoms with Gasteiger partial charge in [-0.05, 0) is 59.0 Å². The van der Waals surface area contributed by atoms with Crippen molar-refractivity contribution in [1.82, 2.24) is 10.2 Å². The number of aromatic nitrogens is 2. The molecule has 0 bridgehead atoms. The van der Waals surface area contributed by atoms with E-state index >= 15 is 0 Å². The number of hydrogen-bond donors (Lipinski definition) is 2. The van der Waals surface area contributed by atoms with E-state index in [0.717, 1.165) is 11.1 Å². The average Bonchev–Trinajstić information content (AvgIpc) is 3.34. The van der Waals surface area contributed by atoms with Gasteiger partial charge in [0.15, 0.2) is 0 Å². The van der Waals surface area contributed by atoms with Crippen molar-refractivity contribution in [3.63, 3.8) is 0 Å². The molecule has 1 aromatic heterocycles. The SMILES string of the molecule is C=Cc1ccc(-c2nnc(-c3cccc(C(=N)OC(=N)c4ccc(C(C)(C)C)cc4)c3)o2)cc1. The Morgan fingerprint density at radius 2 is 1.44 bits per heavy atom. The second kappa shape index (κ2) is 9.27. The number of nitrogens with zero attached hydrogens (tertiary/aromatic N) is 2. The van der Waals surface area contributed by atoms with E-state index in [0.29, 0.717) is 28.5 Å². The van der Waals surface area contributed by atoms with Crippen LogP contribution in [-0.2, 0) is 10.2 Å². The zero-order valence-corrected chi connectivity index (χ0v) is 19.4. The Balaban J connectivity index is 1.49. The van der Waals surface area contributed by atoms with Gasteiger partial charge in [-0.15, -0.1) is 10.2 Å². The summed E-state index contributed by atoms with van der Waals surface area (Å²) in [6.45, 7) is 10.2. The molecule has 6 heteroatoms. The lowest BCUT2D eigenvalue weighted by Crippen LogP contribution is -2.14. The molecule has 3 aromatic carbocycles.